The van der Waals surface area contributed by atoms with Gasteiger partial charge in [0, 0.05) is 18.2 Å². The van der Waals surface area contributed by atoms with Crippen molar-refractivity contribution < 1.29 is 4.74 Å². The predicted molar refractivity (Wildman–Crippen MR) is 143 cm³/mol. The number of aryl methyl sites for hydroxylation is 1. The third-order valence-electron chi connectivity index (χ3n) is 6.57. The summed E-state index contributed by atoms with van der Waals surface area (Å²) in [6.45, 7) is 5.53. The summed E-state index contributed by atoms with van der Waals surface area (Å²) in [7, 11) is 0. The van der Waals surface area contributed by atoms with E-state index in [0.29, 0.717) is 6.61 Å². The summed E-state index contributed by atoms with van der Waals surface area (Å²) in [6.07, 6.45) is 4.15. The second-order valence-corrected chi connectivity index (χ2v) is 8.95. The first-order chi connectivity index (χ1) is 17.1. The Morgan fingerprint density at radius 1 is 0.914 bits per heavy atom. The molecule has 1 aromatic heterocycles. The van der Waals surface area contributed by atoms with E-state index in [1.165, 1.54) is 27.8 Å². The number of fused-ring (bicyclic) bond motifs is 1. The molecule has 0 radical (unpaired) electrons. The highest BCUT2D eigenvalue weighted by Crippen LogP contribution is 2.33. The zero-order chi connectivity index (χ0) is 24.2. The van der Waals surface area contributed by atoms with E-state index < -0.39 is 0 Å². The average molecular weight is 463 g/mol. The second kappa shape index (κ2) is 10.0. The molecule has 0 amide bonds. The van der Waals surface area contributed by atoms with Crippen molar-refractivity contribution in [2.45, 2.75) is 33.3 Å². The van der Waals surface area contributed by atoms with Crippen molar-refractivity contribution in [1.29, 1.82) is 0 Å². The van der Waals surface area contributed by atoms with Crippen LogP contribution in [-0.2, 0) is 13.0 Å². The molecule has 0 unspecified atom stereocenters. The van der Waals surface area contributed by atoms with Gasteiger partial charge in [-0.3, -0.25) is 0 Å². The topological polar surface area (TPSA) is 73.1 Å². The molecule has 1 aliphatic rings. The maximum absolute atomic E-state index is 6.05. The summed E-state index contributed by atoms with van der Waals surface area (Å²) in [5.41, 5.74) is 15.5. The third kappa shape index (κ3) is 5.19. The molecule has 1 heterocycles. The Labute approximate surface area is 206 Å². The van der Waals surface area contributed by atoms with Crippen molar-refractivity contribution in [2.24, 2.45) is 0 Å². The Kier molecular flexibility index (Phi) is 6.49. The largest absolute Gasteiger partial charge is 0.489 e. The minimum atomic E-state index is 0.275. The average Bonchev–Trinajstić information content (AvgIpc) is 3.27. The van der Waals surface area contributed by atoms with Gasteiger partial charge in [0.15, 0.2) is 0 Å². The minimum absolute atomic E-state index is 0.275. The van der Waals surface area contributed by atoms with Gasteiger partial charge in [0.05, 0.1) is 5.69 Å². The van der Waals surface area contributed by atoms with Gasteiger partial charge in [0.2, 0.25) is 5.95 Å². The molecule has 176 valence electrons. The molecule has 3 N–H and O–H groups in total. The molecule has 0 fully saturated rings. The van der Waals surface area contributed by atoms with Crippen LogP contribution in [0.5, 0.6) is 5.75 Å². The molecule has 4 aromatic rings. The van der Waals surface area contributed by atoms with E-state index in [1.807, 2.05) is 30.3 Å². The smallest absolute Gasteiger partial charge is 0.222 e. The predicted octanol–water partition coefficient (Wildman–Crippen LogP) is 6.36. The molecule has 0 spiro atoms. The zero-order valence-corrected chi connectivity index (χ0v) is 20.2. The van der Waals surface area contributed by atoms with Crippen molar-refractivity contribution in [3.05, 3.63) is 107 Å². The van der Waals surface area contributed by atoms with Gasteiger partial charge in [0.1, 0.15) is 18.2 Å². The first kappa shape index (κ1) is 22.7. The highest BCUT2D eigenvalue weighted by Gasteiger charge is 2.15. The molecule has 0 aliphatic heterocycles. The van der Waals surface area contributed by atoms with E-state index in [0.717, 1.165) is 47.8 Å². The van der Waals surface area contributed by atoms with Gasteiger partial charge >= 0.3 is 0 Å². The monoisotopic (exact) mass is 462 g/mol. The number of nitrogens with two attached hydrogens (primary N) is 1. The van der Waals surface area contributed by atoms with Crippen molar-refractivity contribution in [2.75, 3.05) is 17.6 Å². The second-order valence-electron chi connectivity index (χ2n) is 8.95. The number of ether oxygens (including phenoxy) is 1. The lowest BCUT2D eigenvalue weighted by Gasteiger charge is -2.13. The standard InChI is InChI=1S/C30H30N4O/c1-20-7-6-10-26(21(20)2)28-18-29(34-30(31)33-28)32-16-15-24-12-11-23-13-14-25(17-27(23)24)35-19-22-8-4-3-5-9-22/h3-10,12-14,17-18H,11,15-16,19H2,1-2H3,(H3,31,32,33,34). The Balaban J connectivity index is 1.24. The van der Waals surface area contributed by atoms with E-state index in [2.05, 4.69) is 77.7 Å². The zero-order valence-electron chi connectivity index (χ0n) is 20.2. The lowest BCUT2D eigenvalue weighted by atomic mass is 10.0. The number of rotatable bonds is 8. The number of nitrogen functional groups attached to an aromatic ring is 1. The maximum Gasteiger partial charge on any atom is 0.222 e. The number of nitrogens with zero attached hydrogens (tertiary/aromatic N) is 2. The van der Waals surface area contributed by atoms with Crippen LogP contribution in [0.2, 0.25) is 0 Å². The molecule has 3 aromatic carbocycles. The van der Waals surface area contributed by atoms with Gasteiger partial charge in [-0.05, 0) is 72.2 Å². The summed E-state index contributed by atoms with van der Waals surface area (Å²) >= 11 is 0. The summed E-state index contributed by atoms with van der Waals surface area (Å²) in [5, 5.41) is 3.45. The van der Waals surface area contributed by atoms with E-state index >= 15 is 0 Å². The molecule has 1 aliphatic carbocycles. The van der Waals surface area contributed by atoms with Gasteiger partial charge in [0.25, 0.3) is 0 Å². The number of benzene rings is 3. The fourth-order valence-electron chi connectivity index (χ4n) is 4.49. The lowest BCUT2D eigenvalue weighted by molar-refractivity contribution is 0.306. The number of anilines is 2. The Morgan fingerprint density at radius 2 is 1.77 bits per heavy atom. The number of hydrogen-bond donors (Lipinski definition) is 2. The summed E-state index contributed by atoms with van der Waals surface area (Å²) in [4.78, 5) is 8.87. The molecule has 5 rings (SSSR count). The first-order valence-electron chi connectivity index (χ1n) is 12.0. The Morgan fingerprint density at radius 3 is 2.63 bits per heavy atom. The summed E-state index contributed by atoms with van der Waals surface area (Å²) < 4.78 is 6.05. The quantitative estimate of drug-likeness (QED) is 0.319. The van der Waals surface area contributed by atoms with Crippen molar-refractivity contribution >= 4 is 17.3 Å². The van der Waals surface area contributed by atoms with Crippen LogP contribution in [0.1, 0.15) is 34.2 Å². The molecule has 0 saturated carbocycles. The molecule has 35 heavy (non-hydrogen) atoms. The van der Waals surface area contributed by atoms with Crippen LogP contribution in [0.4, 0.5) is 11.8 Å². The van der Waals surface area contributed by atoms with Gasteiger partial charge in [-0.2, -0.15) is 4.98 Å². The number of hydrogen-bond acceptors (Lipinski definition) is 5. The van der Waals surface area contributed by atoms with Gasteiger partial charge in [-0.1, -0.05) is 60.7 Å². The highest BCUT2D eigenvalue weighted by atomic mass is 16.5. The van der Waals surface area contributed by atoms with Crippen LogP contribution in [0, 0.1) is 13.8 Å². The normalized spacial score (nSPS) is 12.2. The van der Waals surface area contributed by atoms with Crippen LogP contribution in [0.15, 0.2) is 78.9 Å². The SMILES string of the molecule is Cc1cccc(-c2cc(NCCC3=CCc4ccc(OCc5ccccc5)cc43)nc(N)n2)c1C. The highest BCUT2D eigenvalue weighted by molar-refractivity contribution is 5.74. The van der Waals surface area contributed by atoms with Crippen LogP contribution < -0.4 is 15.8 Å². The van der Waals surface area contributed by atoms with E-state index in [-0.39, 0.29) is 5.95 Å². The van der Waals surface area contributed by atoms with Crippen LogP contribution >= 0.6 is 0 Å². The minimum Gasteiger partial charge on any atom is -0.489 e. The fourth-order valence-corrected chi connectivity index (χ4v) is 4.49. The number of nitrogens with one attached hydrogen (secondary N) is 1. The molecule has 5 heteroatoms. The summed E-state index contributed by atoms with van der Waals surface area (Å²) in [6, 6.07) is 24.9. The molecule has 0 atom stereocenters. The van der Waals surface area contributed by atoms with E-state index in [4.69, 9.17) is 10.5 Å². The van der Waals surface area contributed by atoms with Crippen LogP contribution in [0.25, 0.3) is 16.8 Å². The van der Waals surface area contributed by atoms with Crippen molar-refractivity contribution in [3.8, 4) is 17.0 Å². The number of aromatic nitrogens is 2. The van der Waals surface area contributed by atoms with Crippen molar-refractivity contribution in [1.82, 2.24) is 9.97 Å². The Hall–Kier alpha value is -4.12. The summed E-state index contributed by atoms with van der Waals surface area (Å²) in [5.74, 6) is 1.92. The van der Waals surface area contributed by atoms with Crippen molar-refractivity contribution in [3.63, 3.8) is 0 Å². The third-order valence-corrected chi connectivity index (χ3v) is 6.57. The fraction of sp³-hybridized carbons (Fsp3) is 0.200. The molecule has 0 saturated heterocycles. The van der Waals surface area contributed by atoms with E-state index in [9.17, 15) is 0 Å². The van der Waals surface area contributed by atoms with Crippen LogP contribution in [0.3, 0.4) is 0 Å². The lowest BCUT2D eigenvalue weighted by Crippen LogP contribution is -2.07. The number of allylic oxidation sites excluding steroid dienone is 1. The van der Waals surface area contributed by atoms with Crippen LogP contribution in [-0.4, -0.2) is 16.5 Å². The molecule has 0 bridgehead atoms. The van der Waals surface area contributed by atoms with E-state index in [1.54, 1.807) is 0 Å². The van der Waals surface area contributed by atoms with Gasteiger partial charge in [-0.25, -0.2) is 4.98 Å². The molecular formula is C30H30N4O. The van der Waals surface area contributed by atoms with Gasteiger partial charge in [-0.15, -0.1) is 0 Å². The maximum atomic E-state index is 6.05. The Bertz CT molecular complexity index is 1380. The molecular weight excluding hydrogens is 432 g/mol. The first-order valence-corrected chi connectivity index (χ1v) is 12.0. The molecule has 5 nitrogen and oxygen atoms in total. The van der Waals surface area contributed by atoms with Gasteiger partial charge < -0.3 is 15.8 Å².